The largest absolute Gasteiger partial charge is 0.463 e. The third-order valence-electron chi connectivity index (χ3n) is 1.45. The molecule has 0 saturated heterocycles. The maximum absolute atomic E-state index is 11.8. The monoisotopic (exact) mass is 165 g/mol. The zero-order chi connectivity index (χ0) is 8.81. The summed E-state index contributed by atoms with van der Waals surface area (Å²) in [6.45, 7) is -0.859. The summed E-state index contributed by atoms with van der Waals surface area (Å²) in [6.07, 6.45) is 0.246. The molecule has 0 aliphatic heterocycles. The summed E-state index contributed by atoms with van der Waals surface area (Å²) in [4.78, 5) is 0. The van der Waals surface area contributed by atoms with Crippen LogP contribution in [-0.4, -0.2) is 6.86 Å². The Hall–Kier alpha value is -1.56. The van der Waals surface area contributed by atoms with Crippen LogP contribution in [0.25, 0.3) is 0 Å². The molecule has 0 radical (unpaired) electrons. The molecule has 0 aliphatic rings. The highest BCUT2D eigenvalue weighted by atomic mass is 19.1. The van der Waals surface area contributed by atoms with Crippen molar-refractivity contribution in [1.82, 2.24) is 0 Å². The van der Waals surface area contributed by atoms with Crippen LogP contribution in [0.1, 0.15) is 5.56 Å². The van der Waals surface area contributed by atoms with Crippen molar-refractivity contribution in [2.24, 2.45) is 0 Å². The number of nitriles is 1. The van der Waals surface area contributed by atoms with E-state index in [4.69, 9.17) is 5.26 Å². The second kappa shape index (κ2) is 4.35. The average Bonchev–Trinajstić information content (AvgIpc) is 2.09. The lowest BCUT2D eigenvalue weighted by Gasteiger charge is -2.04. The van der Waals surface area contributed by atoms with Gasteiger partial charge in [0.1, 0.15) is 5.75 Å². The molecule has 0 atom stereocenters. The zero-order valence-corrected chi connectivity index (χ0v) is 6.46. The van der Waals surface area contributed by atoms with E-state index in [1.165, 1.54) is 0 Å². The molecular weight excluding hydrogens is 157 g/mol. The molecule has 0 N–H and O–H groups in total. The summed E-state index contributed by atoms with van der Waals surface area (Å²) >= 11 is 0. The molecule has 0 fully saturated rings. The number of nitrogens with zero attached hydrogens (tertiary/aromatic N) is 1. The molecule has 0 heterocycles. The fourth-order valence-corrected chi connectivity index (χ4v) is 0.935. The first kappa shape index (κ1) is 8.54. The number of ether oxygens (including phenoxy) is 1. The van der Waals surface area contributed by atoms with Gasteiger partial charge in [0.15, 0.2) is 0 Å². The number of rotatable bonds is 3. The normalized spacial score (nSPS) is 9.00. The summed E-state index contributed by atoms with van der Waals surface area (Å²) in [5.74, 6) is 0.446. The second-order valence-corrected chi connectivity index (χ2v) is 2.20. The fraction of sp³-hybridized carbons (Fsp3) is 0.222. The number of alkyl halides is 1. The van der Waals surface area contributed by atoms with Gasteiger partial charge >= 0.3 is 0 Å². The maximum Gasteiger partial charge on any atom is 0.228 e. The van der Waals surface area contributed by atoms with E-state index in [1.807, 2.05) is 6.07 Å². The highest BCUT2D eigenvalue weighted by molar-refractivity contribution is 5.34. The first-order valence-corrected chi connectivity index (χ1v) is 3.52. The third-order valence-corrected chi connectivity index (χ3v) is 1.45. The first-order chi connectivity index (χ1) is 5.88. The van der Waals surface area contributed by atoms with Gasteiger partial charge in [-0.25, -0.2) is 4.39 Å². The quantitative estimate of drug-likeness (QED) is 0.686. The smallest absolute Gasteiger partial charge is 0.228 e. The molecular formula is C9H8FNO. The number of hydrogen-bond donors (Lipinski definition) is 0. The molecule has 0 spiro atoms. The standard InChI is InChI=1S/C9H8FNO/c10-7-12-9-4-2-1-3-8(9)5-6-11/h1-4H,5,7H2. The Balaban J connectivity index is 2.85. The lowest BCUT2D eigenvalue weighted by molar-refractivity contribution is 0.190. The van der Waals surface area contributed by atoms with Gasteiger partial charge in [0.2, 0.25) is 6.86 Å². The number of hydrogen-bond acceptors (Lipinski definition) is 2. The van der Waals surface area contributed by atoms with E-state index >= 15 is 0 Å². The molecule has 0 aliphatic carbocycles. The van der Waals surface area contributed by atoms with Crippen molar-refractivity contribution in [2.45, 2.75) is 6.42 Å². The lowest BCUT2D eigenvalue weighted by atomic mass is 10.1. The van der Waals surface area contributed by atoms with Gasteiger partial charge in [-0.2, -0.15) is 5.26 Å². The molecule has 0 unspecified atom stereocenters. The summed E-state index contributed by atoms with van der Waals surface area (Å²) in [5, 5.41) is 8.41. The predicted molar refractivity (Wildman–Crippen MR) is 42.4 cm³/mol. The van der Waals surface area contributed by atoms with Crippen LogP contribution in [0.4, 0.5) is 4.39 Å². The Kier molecular flexibility index (Phi) is 3.09. The molecule has 12 heavy (non-hydrogen) atoms. The van der Waals surface area contributed by atoms with Gasteiger partial charge in [0, 0.05) is 5.56 Å². The zero-order valence-electron chi connectivity index (χ0n) is 6.46. The molecule has 0 saturated carbocycles. The number of benzene rings is 1. The molecule has 0 bridgehead atoms. The molecule has 0 amide bonds. The van der Waals surface area contributed by atoms with Gasteiger partial charge in [0.25, 0.3) is 0 Å². The van der Waals surface area contributed by atoms with Crippen molar-refractivity contribution >= 4 is 0 Å². The Labute approximate surface area is 70.2 Å². The minimum atomic E-state index is -0.859. The highest BCUT2D eigenvalue weighted by Crippen LogP contribution is 2.17. The minimum absolute atomic E-state index is 0.246. The van der Waals surface area contributed by atoms with Crippen molar-refractivity contribution in [1.29, 1.82) is 5.26 Å². The highest BCUT2D eigenvalue weighted by Gasteiger charge is 2.00. The molecule has 1 rings (SSSR count). The summed E-state index contributed by atoms with van der Waals surface area (Å²) in [6, 6.07) is 8.90. The second-order valence-electron chi connectivity index (χ2n) is 2.20. The van der Waals surface area contributed by atoms with E-state index in [0.717, 1.165) is 5.56 Å². The van der Waals surface area contributed by atoms with Crippen LogP contribution in [0.3, 0.4) is 0 Å². The summed E-state index contributed by atoms with van der Waals surface area (Å²) in [5.41, 5.74) is 0.720. The van der Waals surface area contributed by atoms with Gasteiger partial charge in [-0.1, -0.05) is 18.2 Å². The topological polar surface area (TPSA) is 33.0 Å². The van der Waals surface area contributed by atoms with E-state index in [1.54, 1.807) is 24.3 Å². The van der Waals surface area contributed by atoms with Gasteiger partial charge < -0.3 is 4.74 Å². The Morgan fingerprint density at radius 3 is 2.83 bits per heavy atom. The van der Waals surface area contributed by atoms with Gasteiger partial charge in [0.05, 0.1) is 12.5 Å². The van der Waals surface area contributed by atoms with Crippen molar-refractivity contribution < 1.29 is 9.13 Å². The first-order valence-electron chi connectivity index (χ1n) is 3.52. The van der Waals surface area contributed by atoms with E-state index < -0.39 is 6.86 Å². The minimum Gasteiger partial charge on any atom is -0.463 e. The SMILES string of the molecule is N#CCc1ccccc1OCF. The van der Waals surface area contributed by atoms with E-state index in [-0.39, 0.29) is 6.42 Å². The third kappa shape index (κ3) is 1.96. The number of halogens is 1. The van der Waals surface area contributed by atoms with Crippen LogP contribution >= 0.6 is 0 Å². The van der Waals surface area contributed by atoms with Gasteiger partial charge in [-0.05, 0) is 6.07 Å². The van der Waals surface area contributed by atoms with E-state index in [2.05, 4.69) is 4.74 Å². The predicted octanol–water partition coefficient (Wildman–Crippen LogP) is 2.06. The molecule has 1 aromatic rings. The van der Waals surface area contributed by atoms with Crippen molar-refractivity contribution in [3.8, 4) is 11.8 Å². The molecule has 62 valence electrons. The van der Waals surface area contributed by atoms with E-state index in [9.17, 15) is 4.39 Å². The van der Waals surface area contributed by atoms with Crippen LogP contribution in [0.5, 0.6) is 5.75 Å². The van der Waals surface area contributed by atoms with E-state index in [0.29, 0.717) is 5.75 Å². The molecule has 2 nitrogen and oxygen atoms in total. The van der Waals surface area contributed by atoms with Crippen LogP contribution < -0.4 is 4.74 Å². The Bertz CT molecular complexity index is 293. The Morgan fingerprint density at radius 1 is 1.42 bits per heavy atom. The lowest BCUT2D eigenvalue weighted by Crippen LogP contribution is -1.94. The molecule has 3 heteroatoms. The van der Waals surface area contributed by atoms with Crippen molar-refractivity contribution in [3.63, 3.8) is 0 Å². The summed E-state index contributed by atoms with van der Waals surface area (Å²) < 4.78 is 16.5. The van der Waals surface area contributed by atoms with Crippen LogP contribution in [-0.2, 0) is 6.42 Å². The maximum atomic E-state index is 11.8. The van der Waals surface area contributed by atoms with Crippen LogP contribution in [0, 0.1) is 11.3 Å². The summed E-state index contributed by atoms with van der Waals surface area (Å²) in [7, 11) is 0. The molecule has 1 aromatic carbocycles. The van der Waals surface area contributed by atoms with Gasteiger partial charge in [-0.3, -0.25) is 0 Å². The van der Waals surface area contributed by atoms with Gasteiger partial charge in [-0.15, -0.1) is 0 Å². The fourth-order valence-electron chi connectivity index (χ4n) is 0.935. The van der Waals surface area contributed by atoms with Crippen molar-refractivity contribution in [2.75, 3.05) is 6.86 Å². The molecule has 0 aromatic heterocycles. The average molecular weight is 165 g/mol. The number of para-hydroxylation sites is 1. The Morgan fingerprint density at radius 2 is 2.17 bits per heavy atom. The van der Waals surface area contributed by atoms with Crippen LogP contribution in [0.15, 0.2) is 24.3 Å². The van der Waals surface area contributed by atoms with Crippen LogP contribution in [0.2, 0.25) is 0 Å². The van der Waals surface area contributed by atoms with Crippen molar-refractivity contribution in [3.05, 3.63) is 29.8 Å².